The van der Waals surface area contributed by atoms with Crippen LogP contribution in [-0.4, -0.2) is 19.1 Å². The van der Waals surface area contributed by atoms with Crippen molar-refractivity contribution in [2.24, 2.45) is 8.73 Å². The fraction of sp³-hybridized carbons (Fsp3) is 0.364. The van der Waals surface area contributed by atoms with Gasteiger partial charge < -0.3 is 10.1 Å². The lowest BCUT2D eigenvalue weighted by Crippen LogP contribution is -2.18. The summed E-state index contributed by atoms with van der Waals surface area (Å²) in [6.45, 7) is 2.49. The molecule has 1 N–H and O–H groups in total. The van der Waals surface area contributed by atoms with E-state index in [0.29, 0.717) is 33.7 Å². The molecule has 1 amide bonds. The highest BCUT2D eigenvalue weighted by atomic mass is 35.5. The summed E-state index contributed by atoms with van der Waals surface area (Å²) < 4.78 is 13.3. The number of carbonyl (C=O) groups is 1. The van der Waals surface area contributed by atoms with Crippen molar-refractivity contribution in [3.8, 4) is 0 Å². The predicted octanol–water partition coefficient (Wildman–Crippen LogP) is 4.08. The number of fused-ring (bicyclic) bond motifs is 1. The van der Waals surface area contributed by atoms with E-state index in [1.807, 2.05) is 6.92 Å². The Morgan fingerprint density at radius 3 is 2.84 bits per heavy atom. The van der Waals surface area contributed by atoms with Gasteiger partial charge in [0.25, 0.3) is 0 Å². The van der Waals surface area contributed by atoms with Crippen LogP contribution in [0, 0.1) is 0 Å². The molecule has 0 atom stereocenters. The highest BCUT2D eigenvalue weighted by molar-refractivity contribution is 7.58. The van der Waals surface area contributed by atoms with Crippen molar-refractivity contribution in [1.82, 2.24) is 0 Å². The number of carbonyl (C=O) groups excluding carboxylic acids is 1. The number of rotatable bonds is 5. The van der Waals surface area contributed by atoms with E-state index in [2.05, 4.69) is 14.0 Å². The summed E-state index contributed by atoms with van der Waals surface area (Å²) in [6.07, 6.45) is 0.856. The second kappa shape index (κ2) is 6.47. The van der Waals surface area contributed by atoms with Crippen molar-refractivity contribution >= 4 is 57.5 Å². The summed E-state index contributed by atoms with van der Waals surface area (Å²) >= 11 is 13.1. The minimum atomic E-state index is -0.285. The third-order valence-corrected chi connectivity index (χ3v) is 3.40. The Bertz CT molecular complexity index is 586. The normalized spacial score (nSPS) is 12.2. The Morgan fingerprint density at radius 2 is 2.11 bits per heavy atom. The van der Waals surface area contributed by atoms with E-state index in [0.717, 1.165) is 17.8 Å². The molecule has 0 aliphatic carbocycles. The number of anilines is 1. The van der Waals surface area contributed by atoms with Crippen molar-refractivity contribution in [2.75, 3.05) is 18.5 Å². The lowest BCUT2D eigenvalue weighted by Gasteiger charge is -2.11. The van der Waals surface area contributed by atoms with E-state index in [1.165, 1.54) is 6.07 Å². The highest BCUT2D eigenvalue weighted by Crippen LogP contribution is 2.47. The fourth-order valence-corrected chi connectivity index (χ4v) is 2.64. The largest absolute Gasteiger partial charge is 0.372 e. The quantitative estimate of drug-likeness (QED) is 0.844. The zero-order valence-electron chi connectivity index (χ0n) is 10.1. The third-order valence-electron chi connectivity index (χ3n) is 2.29. The number of halogens is 2. The van der Waals surface area contributed by atoms with Gasteiger partial charge in [-0.25, -0.2) is 0 Å². The second-order valence-corrected chi connectivity index (χ2v) is 5.12. The molecule has 0 spiro atoms. The summed E-state index contributed by atoms with van der Waals surface area (Å²) in [4.78, 5) is 11.7. The molecule has 5 nitrogen and oxygen atoms in total. The van der Waals surface area contributed by atoms with Gasteiger partial charge in [0.2, 0.25) is 5.91 Å². The molecule has 1 aromatic rings. The van der Waals surface area contributed by atoms with Gasteiger partial charge in [-0.3, -0.25) is 4.79 Å². The number of benzene rings is 1. The van der Waals surface area contributed by atoms with Crippen molar-refractivity contribution in [2.45, 2.75) is 13.3 Å². The molecule has 0 bridgehead atoms. The van der Waals surface area contributed by atoms with Crippen LogP contribution in [0.4, 0.5) is 17.1 Å². The van der Waals surface area contributed by atoms with E-state index in [4.69, 9.17) is 27.9 Å². The van der Waals surface area contributed by atoms with Crippen LogP contribution >= 0.6 is 23.2 Å². The number of nitrogens with one attached hydrogen (secondary N) is 1. The Kier molecular flexibility index (Phi) is 4.93. The predicted molar refractivity (Wildman–Crippen MR) is 77.7 cm³/mol. The van der Waals surface area contributed by atoms with Crippen LogP contribution in [0.25, 0.3) is 0 Å². The topological polar surface area (TPSA) is 63.0 Å². The summed E-state index contributed by atoms with van der Waals surface area (Å²) in [6, 6.07) is 1.54. The fourth-order valence-electron chi connectivity index (χ4n) is 1.48. The Balaban J connectivity index is 2.16. The number of hydrogen-bond donors (Lipinski definition) is 1. The van der Waals surface area contributed by atoms with Crippen molar-refractivity contribution < 1.29 is 9.53 Å². The zero-order valence-corrected chi connectivity index (χ0v) is 12.4. The molecule has 0 saturated heterocycles. The van der Waals surface area contributed by atoms with Crippen LogP contribution in [-0.2, 0) is 20.9 Å². The smallest absolute Gasteiger partial charge is 0.250 e. The average molecular weight is 320 g/mol. The Labute approximate surface area is 124 Å². The Morgan fingerprint density at radius 1 is 1.37 bits per heavy atom. The minimum absolute atomic E-state index is 0.0220. The van der Waals surface area contributed by atoms with Gasteiger partial charge in [0, 0.05) is 6.61 Å². The molecule has 1 aliphatic heterocycles. The van der Waals surface area contributed by atoms with E-state index in [1.54, 1.807) is 0 Å². The van der Waals surface area contributed by atoms with Gasteiger partial charge in [0.1, 0.15) is 18.0 Å². The van der Waals surface area contributed by atoms with Crippen LogP contribution < -0.4 is 5.32 Å². The van der Waals surface area contributed by atoms with Crippen LogP contribution in [0.5, 0.6) is 0 Å². The summed E-state index contributed by atoms with van der Waals surface area (Å²) in [5, 5.41) is 3.41. The first-order valence-corrected chi connectivity index (χ1v) is 7.10. The molecule has 1 aliphatic rings. The van der Waals surface area contributed by atoms with E-state index < -0.39 is 0 Å². The molecule has 2 rings (SSSR count). The number of hydrogen-bond acceptors (Lipinski definition) is 4. The van der Waals surface area contributed by atoms with Crippen LogP contribution in [0.2, 0.25) is 10.0 Å². The standard InChI is InChI=1S/C11H11Cl2N3O2S/c1-2-3-18-5-8(17)14-9-6(12)4-7(13)10-11(9)16-19-15-10/h4H,2-3,5H2,1H3,(H,14,17). The molecular formula is C11H11Cl2N3O2S. The van der Waals surface area contributed by atoms with Gasteiger partial charge in [-0.1, -0.05) is 30.1 Å². The van der Waals surface area contributed by atoms with Crippen molar-refractivity contribution in [3.05, 3.63) is 16.1 Å². The molecule has 102 valence electrons. The Hall–Kier alpha value is -0.950. The summed E-state index contributed by atoms with van der Waals surface area (Å²) in [5.74, 6) is -0.285. The van der Waals surface area contributed by atoms with E-state index in [-0.39, 0.29) is 12.5 Å². The molecule has 0 saturated carbocycles. The maximum absolute atomic E-state index is 11.7. The number of ether oxygens (including phenoxy) is 1. The first-order chi connectivity index (χ1) is 9.13. The molecular weight excluding hydrogens is 309 g/mol. The molecule has 0 unspecified atom stereocenters. The SMILES string of the molecule is CCCOCC(=O)Nc1c(Cl)cc(Cl)c2c1N=S=N2. The lowest BCUT2D eigenvalue weighted by molar-refractivity contribution is -0.120. The monoisotopic (exact) mass is 319 g/mol. The van der Waals surface area contributed by atoms with Crippen LogP contribution in [0.3, 0.4) is 0 Å². The summed E-state index contributed by atoms with van der Waals surface area (Å²) in [5.41, 5.74) is 1.44. The molecule has 1 aromatic carbocycles. The molecule has 8 heteroatoms. The van der Waals surface area contributed by atoms with Crippen LogP contribution in [0.1, 0.15) is 13.3 Å². The average Bonchev–Trinajstić information content (AvgIpc) is 2.84. The maximum Gasteiger partial charge on any atom is 0.250 e. The van der Waals surface area contributed by atoms with Crippen LogP contribution in [0.15, 0.2) is 14.8 Å². The molecule has 1 heterocycles. The number of nitrogens with zero attached hydrogens (tertiary/aromatic N) is 2. The van der Waals surface area contributed by atoms with E-state index in [9.17, 15) is 4.79 Å². The summed E-state index contributed by atoms with van der Waals surface area (Å²) in [7, 11) is 0. The maximum atomic E-state index is 11.7. The lowest BCUT2D eigenvalue weighted by atomic mass is 10.2. The first-order valence-electron chi connectivity index (χ1n) is 5.61. The van der Waals surface area contributed by atoms with Gasteiger partial charge in [-0.15, -0.1) is 0 Å². The van der Waals surface area contributed by atoms with Crippen molar-refractivity contribution in [1.29, 1.82) is 0 Å². The van der Waals surface area contributed by atoms with E-state index >= 15 is 0 Å². The van der Waals surface area contributed by atoms with Crippen molar-refractivity contribution in [3.63, 3.8) is 0 Å². The zero-order chi connectivity index (χ0) is 13.8. The van der Waals surface area contributed by atoms with Gasteiger partial charge >= 0.3 is 0 Å². The first kappa shape index (κ1) is 14.5. The molecule has 19 heavy (non-hydrogen) atoms. The van der Waals surface area contributed by atoms with Gasteiger partial charge in [0.15, 0.2) is 0 Å². The van der Waals surface area contributed by atoms with Gasteiger partial charge in [0.05, 0.1) is 27.1 Å². The molecule has 0 radical (unpaired) electrons. The molecule has 0 fully saturated rings. The highest BCUT2D eigenvalue weighted by Gasteiger charge is 2.20. The number of amides is 1. The van der Waals surface area contributed by atoms with Gasteiger partial charge in [-0.2, -0.15) is 8.73 Å². The second-order valence-electron chi connectivity index (χ2n) is 3.78. The molecule has 0 aromatic heterocycles. The third kappa shape index (κ3) is 3.33. The van der Waals surface area contributed by atoms with Gasteiger partial charge in [-0.05, 0) is 12.5 Å². The minimum Gasteiger partial charge on any atom is -0.372 e.